The fraction of sp³-hybridized carbons (Fsp3) is 0.154. The van der Waals surface area contributed by atoms with E-state index in [1.807, 2.05) is 31.2 Å². The fourth-order valence-electron chi connectivity index (χ4n) is 1.88. The third-order valence-corrected chi connectivity index (χ3v) is 3.02. The van der Waals surface area contributed by atoms with Crippen LogP contribution in [0.25, 0.3) is 23.0 Å². The summed E-state index contributed by atoms with van der Waals surface area (Å²) in [6.07, 6.45) is 0. The van der Waals surface area contributed by atoms with Crippen LogP contribution in [0.2, 0.25) is 0 Å². The van der Waals surface area contributed by atoms with Gasteiger partial charge in [0.15, 0.2) is 11.5 Å². The summed E-state index contributed by atoms with van der Waals surface area (Å²) in [5.41, 5.74) is 13.1. The van der Waals surface area contributed by atoms with Crippen LogP contribution in [0.15, 0.2) is 28.8 Å². The van der Waals surface area contributed by atoms with Crippen molar-refractivity contribution in [3.63, 3.8) is 0 Å². The van der Waals surface area contributed by atoms with Crippen molar-refractivity contribution < 1.29 is 9.32 Å². The molecule has 0 radical (unpaired) electrons. The lowest BCUT2D eigenvalue weighted by atomic mass is 10.1. The highest BCUT2D eigenvalue weighted by Crippen LogP contribution is 2.24. The van der Waals surface area contributed by atoms with Crippen LogP contribution in [0.4, 0.5) is 5.82 Å². The molecule has 2 aromatic heterocycles. The van der Waals surface area contributed by atoms with E-state index < -0.39 is 5.91 Å². The molecule has 4 N–H and O–H groups in total. The molecule has 0 bridgehead atoms. The minimum atomic E-state index is -0.575. The van der Waals surface area contributed by atoms with Gasteiger partial charge in [0.05, 0.1) is 0 Å². The molecule has 3 aromatic rings. The molecule has 22 heavy (non-hydrogen) atoms. The van der Waals surface area contributed by atoms with Gasteiger partial charge in [-0.1, -0.05) is 40.2 Å². The van der Waals surface area contributed by atoms with E-state index in [4.69, 9.17) is 16.0 Å². The van der Waals surface area contributed by atoms with Crippen LogP contribution in [0, 0.1) is 6.92 Å². The Kier molecular flexibility index (Phi) is 3.30. The van der Waals surface area contributed by atoms with Crippen molar-refractivity contribution in [1.29, 1.82) is 0 Å². The second kappa shape index (κ2) is 5.28. The molecule has 0 spiro atoms. The molecule has 3 rings (SSSR count). The molecule has 1 aromatic carbocycles. The fourth-order valence-corrected chi connectivity index (χ4v) is 1.88. The molecule has 9 heteroatoms. The zero-order valence-corrected chi connectivity index (χ0v) is 11.7. The van der Waals surface area contributed by atoms with Crippen LogP contribution >= 0.6 is 0 Å². The SMILES string of the molecule is Cc1ccc(-c2noc(-c3nnn(CC(N)=O)c3N)n2)cc1. The largest absolute Gasteiger partial charge is 0.382 e. The molecular weight excluding hydrogens is 286 g/mol. The van der Waals surface area contributed by atoms with E-state index in [9.17, 15) is 4.79 Å². The average Bonchev–Trinajstić information content (AvgIpc) is 3.08. The van der Waals surface area contributed by atoms with Crippen LogP contribution in [-0.4, -0.2) is 31.0 Å². The van der Waals surface area contributed by atoms with Crippen molar-refractivity contribution in [1.82, 2.24) is 25.1 Å². The number of hydrogen-bond acceptors (Lipinski definition) is 7. The lowest BCUT2D eigenvalue weighted by Crippen LogP contribution is -2.20. The zero-order chi connectivity index (χ0) is 15.7. The van der Waals surface area contributed by atoms with Crippen LogP contribution in [0.1, 0.15) is 5.56 Å². The lowest BCUT2D eigenvalue weighted by molar-refractivity contribution is -0.118. The number of nitrogen functional groups attached to an aromatic ring is 1. The number of aromatic nitrogens is 5. The van der Waals surface area contributed by atoms with Gasteiger partial charge in [-0.15, -0.1) is 5.10 Å². The molecule has 0 aliphatic carbocycles. The lowest BCUT2D eigenvalue weighted by Gasteiger charge is -1.97. The van der Waals surface area contributed by atoms with Crippen LogP contribution in [-0.2, 0) is 11.3 Å². The minimum absolute atomic E-state index is 0.129. The Labute approximate surface area is 124 Å². The molecule has 0 aliphatic rings. The molecule has 0 saturated carbocycles. The van der Waals surface area contributed by atoms with Crippen molar-refractivity contribution in [2.45, 2.75) is 13.5 Å². The van der Waals surface area contributed by atoms with E-state index in [1.165, 1.54) is 4.68 Å². The quantitative estimate of drug-likeness (QED) is 0.709. The first-order valence-electron chi connectivity index (χ1n) is 6.43. The number of primary amides is 1. The van der Waals surface area contributed by atoms with E-state index in [0.717, 1.165) is 11.1 Å². The van der Waals surface area contributed by atoms with Crippen molar-refractivity contribution in [3.8, 4) is 23.0 Å². The molecule has 0 fully saturated rings. The first-order valence-corrected chi connectivity index (χ1v) is 6.43. The summed E-state index contributed by atoms with van der Waals surface area (Å²) in [6, 6.07) is 7.67. The Balaban J connectivity index is 1.92. The number of hydrogen-bond donors (Lipinski definition) is 2. The summed E-state index contributed by atoms with van der Waals surface area (Å²) < 4.78 is 6.34. The Morgan fingerprint density at radius 3 is 2.73 bits per heavy atom. The van der Waals surface area contributed by atoms with Gasteiger partial charge in [0.2, 0.25) is 11.7 Å². The summed E-state index contributed by atoms with van der Waals surface area (Å²) in [4.78, 5) is 15.2. The summed E-state index contributed by atoms with van der Waals surface area (Å²) in [5.74, 6) is 0.106. The van der Waals surface area contributed by atoms with Gasteiger partial charge in [-0.3, -0.25) is 4.79 Å². The Morgan fingerprint density at radius 1 is 1.32 bits per heavy atom. The topological polar surface area (TPSA) is 139 Å². The predicted octanol–water partition coefficient (Wildman–Crippen LogP) is 0.371. The number of carbonyl (C=O) groups is 1. The number of nitrogens with zero attached hydrogens (tertiary/aromatic N) is 5. The molecular formula is C13H13N7O2. The van der Waals surface area contributed by atoms with Crippen molar-refractivity contribution in [2.24, 2.45) is 5.73 Å². The van der Waals surface area contributed by atoms with Gasteiger partial charge in [0, 0.05) is 5.56 Å². The van der Waals surface area contributed by atoms with E-state index in [1.54, 1.807) is 0 Å². The van der Waals surface area contributed by atoms with Crippen molar-refractivity contribution in [3.05, 3.63) is 29.8 Å². The third-order valence-electron chi connectivity index (χ3n) is 3.02. The Hall–Kier alpha value is -3.23. The van der Waals surface area contributed by atoms with Crippen LogP contribution in [0.5, 0.6) is 0 Å². The number of carbonyl (C=O) groups excluding carboxylic acids is 1. The molecule has 112 valence electrons. The highest BCUT2D eigenvalue weighted by molar-refractivity contribution is 5.74. The summed E-state index contributed by atoms with van der Waals surface area (Å²) in [7, 11) is 0. The standard InChI is InChI=1S/C13H13N7O2/c1-7-2-4-8(5-3-7)12-16-13(22-18-12)10-11(15)20(19-17-10)6-9(14)21/h2-5H,6,15H2,1H3,(H2,14,21). The normalized spacial score (nSPS) is 10.8. The number of amides is 1. The number of rotatable bonds is 4. The van der Waals surface area contributed by atoms with Crippen molar-refractivity contribution >= 4 is 11.7 Å². The molecule has 1 amide bonds. The predicted molar refractivity (Wildman–Crippen MR) is 77.1 cm³/mol. The number of anilines is 1. The number of nitrogens with two attached hydrogens (primary N) is 2. The molecule has 0 atom stereocenters. The third kappa shape index (κ3) is 2.51. The first-order chi connectivity index (χ1) is 10.5. The summed E-state index contributed by atoms with van der Waals surface area (Å²) in [5, 5.41) is 11.5. The maximum Gasteiger partial charge on any atom is 0.282 e. The molecule has 2 heterocycles. The maximum absolute atomic E-state index is 10.9. The minimum Gasteiger partial charge on any atom is -0.382 e. The second-order valence-electron chi connectivity index (χ2n) is 4.74. The van der Waals surface area contributed by atoms with Gasteiger partial charge < -0.3 is 16.0 Å². The van der Waals surface area contributed by atoms with Crippen molar-refractivity contribution in [2.75, 3.05) is 5.73 Å². The van der Waals surface area contributed by atoms with Crippen LogP contribution in [0.3, 0.4) is 0 Å². The number of aryl methyl sites for hydroxylation is 1. The Bertz CT molecular complexity index is 819. The van der Waals surface area contributed by atoms with E-state index in [0.29, 0.717) is 5.82 Å². The first kappa shape index (κ1) is 13.7. The molecule has 0 unspecified atom stereocenters. The Morgan fingerprint density at radius 2 is 2.05 bits per heavy atom. The maximum atomic E-state index is 10.9. The molecule has 0 aliphatic heterocycles. The monoisotopic (exact) mass is 299 g/mol. The number of benzene rings is 1. The van der Waals surface area contributed by atoms with Gasteiger partial charge in [-0.25, -0.2) is 4.68 Å². The van der Waals surface area contributed by atoms with Gasteiger partial charge in [-0.2, -0.15) is 4.98 Å². The van der Waals surface area contributed by atoms with E-state index in [2.05, 4.69) is 20.5 Å². The molecule has 0 saturated heterocycles. The highest BCUT2D eigenvalue weighted by atomic mass is 16.5. The van der Waals surface area contributed by atoms with Gasteiger partial charge in [-0.05, 0) is 6.92 Å². The van der Waals surface area contributed by atoms with E-state index >= 15 is 0 Å². The smallest absolute Gasteiger partial charge is 0.282 e. The second-order valence-corrected chi connectivity index (χ2v) is 4.74. The summed E-state index contributed by atoms with van der Waals surface area (Å²) >= 11 is 0. The molecule has 9 nitrogen and oxygen atoms in total. The van der Waals surface area contributed by atoms with Gasteiger partial charge in [0.1, 0.15) is 6.54 Å². The van der Waals surface area contributed by atoms with Gasteiger partial charge in [0.25, 0.3) is 5.89 Å². The van der Waals surface area contributed by atoms with E-state index in [-0.39, 0.29) is 23.9 Å². The average molecular weight is 299 g/mol. The van der Waals surface area contributed by atoms with Gasteiger partial charge >= 0.3 is 0 Å². The zero-order valence-electron chi connectivity index (χ0n) is 11.7. The summed E-state index contributed by atoms with van der Waals surface area (Å²) in [6.45, 7) is 1.82. The highest BCUT2D eigenvalue weighted by Gasteiger charge is 2.19. The van der Waals surface area contributed by atoms with Crippen LogP contribution < -0.4 is 11.5 Å².